The van der Waals surface area contributed by atoms with Gasteiger partial charge in [0.1, 0.15) is 0 Å². The van der Waals surface area contributed by atoms with Crippen molar-refractivity contribution in [2.24, 2.45) is 0 Å². The van der Waals surface area contributed by atoms with Crippen molar-refractivity contribution in [1.82, 2.24) is 15.0 Å². The maximum Gasteiger partial charge on any atom is 0.274 e. The number of rotatable bonds is 5. The summed E-state index contributed by atoms with van der Waals surface area (Å²) in [5, 5.41) is 12.1. The van der Waals surface area contributed by atoms with Crippen LogP contribution in [0.4, 0.5) is 5.95 Å². The lowest BCUT2D eigenvalue weighted by molar-refractivity contribution is 0.0706. The van der Waals surface area contributed by atoms with Crippen molar-refractivity contribution >= 4 is 22.9 Å². The molecule has 6 heteroatoms. The second kappa shape index (κ2) is 7.31. The predicted molar refractivity (Wildman–Crippen MR) is 104 cm³/mol. The zero-order valence-electron chi connectivity index (χ0n) is 14.5. The van der Waals surface area contributed by atoms with E-state index in [2.05, 4.69) is 9.88 Å². The molecular weight excluding hydrogens is 340 g/mol. The number of nitrogens with one attached hydrogen (secondary N) is 2. The average Bonchev–Trinajstić information content (AvgIpc) is 3.11. The maximum absolute atomic E-state index is 11.4. The first kappa shape index (κ1) is 16.8. The maximum atomic E-state index is 11.4. The van der Waals surface area contributed by atoms with Gasteiger partial charge in [-0.3, -0.25) is 14.6 Å². The lowest BCUT2D eigenvalue weighted by atomic mass is 10.1. The van der Waals surface area contributed by atoms with Crippen LogP contribution in [0, 0.1) is 0 Å². The Morgan fingerprint density at radius 1 is 0.926 bits per heavy atom. The fourth-order valence-electron chi connectivity index (χ4n) is 3.00. The number of benzene rings is 3. The number of fused-ring (bicyclic) bond motifs is 1. The van der Waals surface area contributed by atoms with Gasteiger partial charge in [0.15, 0.2) is 0 Å². The van der Waals surface area contributed by atoms with Crippen LogP contribution in [-0.2, 0) is 6.54 Å². The number of anilines is 1. The topological polar surface area (TPSA) is 79.2 Å². The molecule has 27 heavy (non-hydrogen) atoms. The van der Waals surface area contributed by atoms with Crippen molar-refractivity contribution in [3.63, 3.8) is 0 Å². The van der Waals surface area contributed by atoms with Crippen molar-refractivity contribution in [2.45, 2.75) is 6.54 Å². The van der Waals surface area contributed by atoms with Gasteiger partial charge in [-0.1, -0.05) is 42.5 Å². The first-order valence-electron chi connectivity index (χ1n) is 8.56. The van der Waals surface area contributed by atoms with Crippen LogP contribution in [0.5, 0.6) is 0 Å². The molecule has 0 saturated carbocycles. The molecule has 0 spiro atoms. The molecule has 4 aromatic rings. The SMILES string of the molecule is O=C(NO)c1ccc(CNc2nc3ccccc3n2-c2ccccc2)cc1. The summed E-state index contributed by atoms with van der Waals surface area (Å²) in [6.45, 7) is 0.553. The molecule has 0 saturated heterocycles. The van der Waals surface area contributed by atoms with E-state index in [0.717, 1.165) is 28.2 Å². The molecule has 0 unspecified atom stereocenters. The van der Waals surface area contributed by atoms with Crippen LogP contribution in [0.2, 0.25) is 0 Å². The number of amides is 1. The van der Waals surface area contributed by atoms with Crippen molar-refractivity contribution in [2.75, 3.05) is 5.32 Å². The third kappa shape index (κ3) is 3.38. The Morgan fingerprint density at radius 3 is 2.37 bits per heavy atom. The Bertz CT molecular complexity index is 1070. The highest BCUT2D eigenvalue weighted by Gasteiger charge is 2.12. The number of hydrogen-bond acceptors (Lipinski definition) is 4. The minimum absolute atomic E-state index is 0.401. The minimum Gasteiger partial charge on any atom is -0.351 e. The summed E-state index contributed by atoms with van der Waals surface area (Å²) in [5.41, 5.74) is 6.00. The van der Waals surface area contributed by atoms with Crippen molar-refractivity contribution in [3.05, 3.63) is 90.0 Å². The first-order valence-corrected chi connectivity index (χ1v) is 8.56. The summed E-state index contributed by atoms with van der Waals surface area (Å²) in [6.07, 6.45) is 0. The third-order valence-electron chi connectivity index (χ3n) is 4.34. The molecule has 4 rings (SSSR count). The fraction of sp³-hybridized carbons (Fsp3) is 0.0476. The number of carbonyl (C=O) groups is 1. The first-order chi connectivity index (χ1) is 13.3. The van der Waals surface area contributed by atoms with E-state index >= 15 is 0 Å². The van der Waals surface area contributed by atoms with Gasteiger partial charge < -0.3 is 5.32 Å². The van der Waals surface area contributed by atoms with Crippen molar-refractivity contribution in [1.29, 1.82) is 0 Å². The molecule has 0 fully saturated rings. The Kier molecular flexibility index (Phi) is 4.55. The average molecular weight is 358 g/mol. The van der Waals surface area contributed by atoms with E-state index in [4.69, 9.17) is 10.2 Å². The van der Waals surface area contributed by atoms with Gasteiger partial charge in [-0.25, -0.2) is 10.5 Å². The number of para-hydroxylation sites is 3. The van der Waals surface area contributed by atoms with E-state index in [1.54, 1.807) is 17.6 Å². The Morgan fingerprint density at radius 2 is 1.63 bits per heavy atom. The van der Waals surface area contributed by atoms with Crippen LogP contribution in [0.15, 0.2) is 78.9 Å². The van der Waals surface area contributed by atoms with Gasteiger partial charge in [-0.2, -0.15) is 0 Å². The zero-order chi connectivity index (χ0) is 18.6. The monoisotopic (exact) mass is 358 g/mol. The Labute approximate surface area is 156 Å². The van der Waals surface area contributed by atoms with E-state index in [1.807, 2.05) is 66.7 Å². The molecule has 1 amide bonds. The molecule has 3 N–H and O–H groups in total. The number of imidazole rings is 1. The molecule has 0 aliphatic carbocycles. The highest BCUT2D eigenvalue weighted by molar-refractivity contribution is 5.93. The quantitative estimate of drug-likeness (QED) is 0.375. The van der Waals surface area contributed by atoms with Gasteiger partial charge in [0.25, 0.3) is 5.91 Å². The van der Waals surface area contributed by atoms with E-state index in [0.29, 0.717) is 12.1 Å². The van der Waals surface area contributed by atoms with Crippen LogP contribution in [0.3, 0.4) is 0 Å². The van der Waals surface area contributed by atoms with Gasteiger partial charge in [-0.15, -0.1) is 0 Å². The van der Waals surface area contributed by atoms with E-state index in [-0.39, 0.29) is 0 Å². The summed E-state index contributed by atoms with van der Waals surface area (Å²) < 4.78 is 2.09. The van der Waals surface area contributed by atoms with E-state index < -0.39 is 5.91 Å². The molecule has 0 aliphatic heterocycles. The summed E-state index contributed by atoms with van der Waals surface area (Å²) in [4.78, 5) is 16.1. The standard InChI is InChI=1S/C21H18N4O2/c26-20(24-27)16-12-10-15(11-13-16)14-22-21-23-18-8-4-5-9-19(18)25(21)17-6-2-1-3-7-17/h1-13,27H,14H2,(H,22,23)(H,24,26). The Hall–Kier alpha value is -3.64. The third-order valence-corrected chi connectivity index (χ3v) is 4.34. The molecular formula is C21H18N4O2. The molecule has 134 valence electrons. The molecule has 0 aliphatic rings. The van der Waals surface area contributed by atoms with Crippen LogP contribution >= 0.6 is 0 Å². The summed E-state index contributed by atoms with van der Waals surface area (Å²) in [7, 11) is 0. The zero-order valence-corrected chi connectivity index (χ0v) is 14.5. The molecule has 1 aromatic heterocycles. The molecule has 6 nitrogen and oxygen atoms in total. The molecule has 0 bridgehead atoms. The molecule has 3 aromatic carbocycles. The van der Waals surface area contributed by atoms with E-state index in [9.17, 15) is 4.79 Å². The number of hydrogen-bond donors (Lipinski definition) is 3. The summed E-state index contributed by atoms with van der Waals surface area (Å²) >= 11 is 0. The van der Waals surface area contributed by atoms with Gasteiger partial charge in [0.05, 0.1) is 11.0 Å². The second-order valence-electron chi connectivity index (χ2n) is 6.09. The van der Waals surface area contributed by atoms with Crippen LogP contribution in [0.25, 0.3) is 16.7 Å². The smallest absolute Gasteiger partial charge is 0.274 e. The summed E-state index contributed by atoms with van der Waals surface area (Å²) in [5.74, 6) is 0.222. The van der Waals surface area contributed by atoms with Crippen LogP contribution < -0.4 is 10.8 Å². The summed E-state index contributed by atoms with van der Waals surface area (Å²) in [6, 6.07) is 25.1. The van der Waals surface area contributed by atoms with Crippen LogP contribution in [0.1, 0.15) is 15.9 Å². The lowest BCUT2D eigenvalue weighted by Crippen LogP contribution is -2.18. The van der Waals surface area contributed by atoms with Gasteiger partial charge in [-0.05, 0) is 42.0 Å². The van der Waals surface area contributed by atoms with Crippen LogP contribution in [-0.4, -0.2) is 20.7 Å². The number of nitrogens with zero attached hydrogens (tertiary/aromatic N) is 2. The highest BCUT2D eigenvalue weighted by Crippen LogP contribution is 2.24. The number of hydroxylamine groups is 1. The van der Waals surface area contributed by atoms with E-state index in [1.165, 1.54) is 0 Å². The predicted octanol–water partition coefficient (Wildman–Crippen LogP) is 3.76. The minimum atomic E-state index is -0.527. The fourth-order valence-corrected chi connectivity index (χ4v) is 3.00. The number of aromatic nitrogens is 2. The number of carbonyl (C=O) groups excluding carboxylic acids is 1. The lowest BCUT2D eigenvalue weighted by Gasteiger charge is -2.11. The molecule has 0 radical (unpaired) electrons. The Balaban J connectivity index is 1.63. The van der Waals surface area contributed by atoms with Gasteiger partial charge in [0, 0.05) is 17.8 Å². The van der Waals surface area contributed by atoms with Crippen molar-refractivity contribution < 1.29 is 10.0 Å². The molecule has 1 heterocycles. The van der Waals surface area contributed by atoms with Gasteiger partial charge >= 0.3 is 0 Å². The van der Waals surface area contributed by atoms with Crippen molar-refractivity contribution in [3.8, 4) is 5.69 Å². The van der Waals surface area contributed by atoms with Gasteiger partial charge in [0.2, 0.25) is 5.95 Å². The largest absolute Gasteiger partial charge is 0.351 e. The normalized spacial score (nSPS) is 10.7. The molecule has 0 atom stereocenters. The second-order valence-corrected chi connectivity index (χ2v) is 6.09. The highest BCUT2D eigenvalue weighted by atomic mass is 16.5.